The van der Waals surface area contributed by atoms with E-state index in [2.05, 4.69) is 61.5 Å². The molecule has 0 radical (unpaired) electrons. The molecular weight excluding hydrogens is 244 g/mol. The first-order chi connectivity index (χ1) is 9.65. The highest BCUT2D eigenvalue weighted by Gasteiger charge is 2.02. The lowest BCUT2D eigenvalue weighted by atomic mass is 10.1. The second-order valence-electron chi connectivity index (χ2n) is 5.45. The number of hydrogen-bond acceptors (Lipinski definition) is 2. The lowest BCUT2D eigenvalue weighted by Crippen LogP contribution is -2.25. The molecule has 0 aromatic heterocycles. The van der Waals surface area contributed by atoms with E-state index in [0.717, 1.165) is 32.6 Å². The smallest absolute Gasteiger partial charge is 0.0240 e. The van der Waals surface area contributed by atoms with Gasteiger partial charge in [-0.3, -0.25) is 4.90 Å². The van der Waals surface area contributed by atoms with Crippen LogP contribution in [-0.4, -0.2) is 30.6 Å². The lowest BCUT2D eigenvalue weighted by Gasteiger charge is -2.18. The van der Waals surface area contributed by atoms with E-state index in [-0.39, 0.29) is 0 Å². The molecule has 0 aliphatic heterocycles. The monoisotopic (exact) mass is 272 g/mol. The van der Waals surface area contributed by atoms with Gasteiger partial charge in [-0.2, -0.15) is 0 Å². The van der Waals surface area contributed by atoms with Crippen LogP contribution in [0.4, 0.5) is 0 Å². The predicted molar refractivity (Wildman–Crippen MR) is 89.0 cm³/mol. The second-order valence-corrected chi connectivity index (χ2v) is 5.45. The van der Waals surface area contributed by atoms with Crippen LogP contribution in [0.5, 0.6) is 0 Å². The van der Waals surface area contributed by atoms with Crippen LogP contribution in [0.3, 0.4) is 0 Å². The molecule has 2 heteroatoms. The first-order valence-electron chi connectivity index (χ1n) is 7.41. The van der Waals surface area contributed by atoms with E-state index < -0.39 is 0 Å². The summed E-state index contributed by atoms with van der Waals surface area (Å²) < 4.78 is 0. The largest absolute Gasteiger partial charge is 0.314 e. The molecule has 0 amide bonds. The fourth-order valence-corrected chi connectivity index (χ4v) is 2.14. The molecule has 1 rings (SSSR count). The molecule has 0 heterocycles. The molecule has 1 aromatic rings. The Hall–Kier alpha value is -1.38. The van der Waals surface area contributed by atoms with Crippen LogP contribution in [0, 0.1) is 0 Å². The Morgan fingerprint density at radius 2 is 1.60 bits per heavy atom. The molecule has 1 aromatic carbocycles. The third-order valence-electron chi connectivity index (χ3n) is 3.17. The van der Waals surface area contributed by atoms with E-state index >= 15 is 0 Å². The van der Waals surface area contributed by atoms with Gasteiger partial charge in [0, 0.05) is 25.7 Å². The van der Waals surface area contributed by atoms with Crippen molar-refractivity contribution in [3.63, 3.8) is 0 Å². The van der Waals surface area contributed by atoms with Crippen molar-refractivity contribution in [2.45, 2.75) is 32.9 Å². The fraction of sp³-hybridized carbons (Fsp3) is 0.444. The van der Waals surface area contributed by atoms with Crippen LogP contribution >= 0.6 is 0 Å². The molecular formula is C18H28N2. The summed E-state index contributed by atoms with van der Waals surface area (Å²) in [5.41, 5.74) is 2.73. The maximum absolute atomic E-state index is 3.80. The summed E-state index contributed by atoms with van der Waals surface area (Å²) in [7, 11) is 0. The molecule has 0 aliphatic carbocycles. The van der Waals surface area contributed by atoms with Crippen LogP contribution < -0.4 is 5.32 Å². The van der Waals surface area contributed by atoms with Crippen molar-refractivity contribution in [3.8, 4) is 0 Å². The molecule has 1 N–H and O–H groups in total. The third-order valence-corrected chi connectivity index (χ3v) is 3.17. The summed E-state index contributed by atoms with van der Waals surface area (Å²) in [6.45, 7) is 15.7. The van der Waals surface area contributed by atoms with Gasteiger partial charge in [0.25, 0.3) is 0 Å². The maximum atomic E-state index is 3.80. The first-order valence-corrected chi connectivity index (χ1v) is 7.41. The minimum absolute atomic E-state index is 0.556. The summed E-state index contributed by atoms with van der Waals surface area (Å²) in [5, 5.41) is 3.44. The van der Waals surface area contributed by atoms with E-state index in [1.807, 2.05) is 12.2 Å². The molecule has 0 fully saturated rings. The Labute approximate surface area is 124 Å². The molecule has 110 valence electrons. The van der Waals surface area contributed by atoms with Gasteiger partial charge >= 0.3 is 0 Å². The quantitative estimate of drug-likeness (QED) is 0.657. The Bertz CT molecular complexity index is 382. The zero-order chi connectivity index (χ0) is 14.8. The normalized spacial score (nSPS) is 11.0. The average molecular weight is 272 g/mol. The van der Waals surface area contributed by atoms with Gasteiger partial charge in [0.05, 0.1) is 0 Å². The second kappa shape index (κ2) is 9.51. The van der Waals surface area contributed by atoms with Gasteiger partial charge in [-0.15, -0.1) is 13.2 Å². The highest BCUT2D eigenvalue weighted by Crippen LogP contribution is 2.08. The van der Waals surface area contributed by atoms with E-state index in [4.69, 9.17) is 0 Å². The van der Waals surface area contributed by atoms with E-state index in [1.165, 1.54) is 11.1 Å². The molecule has 0 saturated heterocycles. The van der Waals surface area contributed by atoms with Crippen molar-refractivity contribution < 1.29 is 0 Å². The summed E-state index contributed by atoms with van der Waals surface area (Å²) in [4.78, 5) is 2.31. The lowest BCUT2D eigenvalue weighted by molar-refractivity contribution is 0.328. The summed E-state index contributed by atoms with van der Waals surface area (Å²) >= 11 is 0. The Morgan fingerprint density at radius 1 is 1.05 bits per heavy atom. The molecule has 0 bridgehead atoms. The zero-order valence-electron chi connectivity index (χ0n) is 12.9. The maximum Gasteiger partial charge on any atom is 0.0240 e. The Kier molecular flexibility index (Phi) is 7.93. The fourth-order valence-electron chi connectivity index (χ4n) is 2.14. The van der Waals surface area contributed by atoms with Gasteiger partial charge < -0.3 is 5.32 Å². The highest BCUT2D eigenvalue weighted by atomic mass is 15.1. The minimum atomic E-state index is 0.556. The highest BCUT2D eigenvalue weighted by molar-refractivity contribution is 5.23. The topological polar surface area (TPSA) is 15.3 Å². The van der Waals surface area contributed by atoms with Gasteiger partial charge in [-0.1, -0.05) is 50.3 Å². The summed E-state index contributed by atoms with van der Waals surface area (Å²) in [5.74, 6) is 0. The zero-order valence-corrected chi connectivity index (χ0v) is 12.9. The van der Waals surface area contributed by atoms with Crippen molar-refractivity contribution in [2.75, 3.05) is 19.6 Å². The average Bonchev–Trinajstić information content (AvgIpc) is 2.41. The van der Waals surface area contributed by atoms with Crippen LogP contribution in [0.15, 0.2) is 49.6 Å². The van der Waals surface area contributed by atoms with Crippen LogP contribution in [-0.2, 0) is 13.0 Å². The molecule has 0 unspecified atom stereocenters. The van der Waals surface area contributed by atoms with Crippen molar-refractivity contribution in [3.05, 3.63) is 60.7 Å². The van der Waals surface area contributed by atoms with Crippen molar-refractivity contribution in [1.29, 1.82) is 0 Å². The van der Waals surface area contributed by atoms with Gasteiger partial charge in [-0.05, 0) is 24.1 Å². The van der Waals surface area contributed by atoms with Crippen LogP contribution in [0.2, 0.25) is 0 Å². The Balaban J connectivity index is 2.48. The molecule has 0 atom stereocenters. The van der Waals surface area contributed by atoms with Gasteiger partial charge in [0.1, 0.15) is 0 Å². The number of hydrogen-bond donors (Lipinski definition) is 1. The Morgan fingerprint density at radius 3 is 2.10 bits per heavy atom. The molecule has 0 spiro atoms. The van der Waals surface area contributed by atoms with Crippen molar-refractivity contribution in [1.82, 2.24) is 10.2 Å². The number of nitrogens with zero attached hydrogens (tertiary/aromatic N) is 1. The van der Waals surface area contributed by atoms with Crippen LogP contribution in [0.1, 0.15) is 25.0 Å². The van der Waals surface area contributed by atoms with E-state index in [9.17, 15) is 0 Å². The van der Waals surface area contributed by atoms with E-state index in [1.54, 1.807) is 0 Å². The number of nitrogens with one attached hydrogen (secondary N) is 1. The summed E-state index contributed by atoms with van der Waals surface area (Å²) in [6.07, 6.45) is 4.96. The van der Waals surface area contributed by atoms with Crippen molar-refractivity contribution in [2.24, 2.45) is 0 Å². The van der Waals surface area contributed by atoms with Gasteiger partial charge in [0.15, 0.2) is 0 Å². The first kappa shape index (κ1) is 16.7. The van der Waals surface area contributed by atoms with Gasteiger partial charge in [-0.25, -0.2) is 0 Å². The standard InChI is InChI=1S/C18H28N2/c1-5-13-20(14-6-2)15-18-9-7-17(8-10-18)11-12-19-16(3)4/h5-10,16,19H,1-2,11-15H2,3-4H3. The molecule has 20 heavy (non-hydrogen) atoms. The number of rotatable bonds is 10. The SMILES string of the molecule is C=CCN(CC=C)Cc1ccc(CCNC(C)C)cc1. The minimum Gasteiger partial charge on any atom is -0.314 e. The van der Waals surface area contributed by atoms with Crippen LogP contribution in [0.25, 0.3) is 0 Å². The number of benzene rings is 1. The predicted octanol–water partition coefficient (Wildman–Crippen LogP) is 3.40. The van der Waals surface area contributed by atoms with Crippen molar-refractivity contribution >= 4 is 0 Å². The third kappa shape index (κ3) is 6.69. The molecule has 0 aliphatic rings. The van der Waals surface area contributed by atoms with E-state index in [0.29, 0.717) is 6.04 Å². The molecule has 2 nitrogen and oxygen atoms in total. The molecule has 0 saturated carbocycles. The summed E-state index contributed by atoms with van der Waals surface area (Å²) in [6, 6.07) is 9.48. The van der Waals surface area contributed by atoms with Gasteiger partial charge in [0.2, 0.25) is 0 Å².